The molecule has 0 aliphatic rings. The van der Waals surface area contributed by atoms with E-state index in [0.29, 0.717) is 0 Å². The van der Waals surface area contributed by atoms with Gasteiger partial charge in [0.1, 0.15) is 0 Å². The lowest BCUT2D eigenvalue weighted by molar-refractivity contribution is 0.595. The zero-order valence-electron chi connectivity index (χ0n) is 8.47. The summed E-state index contributed by atoms with van der Waals surface area (Å²) in [4.78, 5) is 0.982. The van der Waals surface area contributed by atoms with Gasteiger partial charge in [0.05, 0.1) is 11.8 Å². The maximum atomic E-state index is 11.5. The van der Waals surface area contributed by atoms with Crippen LogP contribution in [-0.2, 0) is 10.0 Å². The van der Waals surface area contributed by atoms with Crippen molar-refractivity contribution < 1.29 is 8.42 Å². The van der Waals surface area contributed by atoms with E-state index in [2.05, 4.69) is 0 Å². The van der Waals surface area contributed by atoms with Gasteiger partial charge in [-0.3, -0.25) is 0 Å². The molecule has 2 rings (SSSR count). The number of hydrogen-bond donors (Lipinski definition) is 0. The number of benzene rings is 1. The van der Waals surface area contributed by atoms with E-state index in [9.17, 15) is 8.42 Å². The van der Waals surface area contributed by atoms with Crippen molar-refractivity contribution in [3.8, 4) is 0 Å². The molecule has 80 valence electrons. The Morgan fingerprint density at radius 1 is 1.27 bits per heavy atom. The highest BCUT2D eigenvalue weighted by Crippen LogP contribution is 2.28. The van der Waals surface area contributed by atoms with E-state index in [1.165, 1.54) is 10.2 Å². The lowest BCUT2D eigenvalue weighted by Crippen LogP contribution is -2.07. The molecule has 2 aromatic rings. The van der Waals surface area contributed by atoms with Gasteiger partial charge in [-0.1, -0.05) is 18.2 Å². The van der Waals surface area contributed by atoms with Gasteiger partial charge in [-0.15, -0.1) is 11.8 Å². The molecule has 0 bridgehead atoms. The smallest absolute Gasteiger partial charge is 0.236 e. The first-order valence-electron chi connectivity index (χ1n) is 4.38. The number of thioether (sulfide) groups is 1. The van der Waals surface area contributed by atoms with Gasteiger partial charge < -0.3 is 0 Å². The highest BCUT2D eigenvalue weighted by Gasteiger charge is 2.13. The number of fused-ring (bicyclic) bond motifs is 1. The summed E-state index contributed by atoms with van der Waals surface area (Å²) in [5.74, 6) is 0. The maximum Gasteiger partial charge on any atom is 0.236 e. The Balaban J connectivity index is 2.88. The molecule has 0 spiro atoms. The molecule has 15 heavy (non-hydrogen) atoms. The van der Waals surface area contributed by atoms with Crippen molar-refractivity contribution in [2.24, 2.45) is 0 Å². The van der Waals surface area contributed by atoms with Crippen LogP contribution in [0.4, 0.5) is 0 Å². The summed E-state index contributed by atoms with van der Waals surface area (Å²) < 4.78 is 24.4. The van der Waals surface area contributed by atoms with Crippen LogP contribution in [0.15, 0.2) is 35.4 Å². The first-order valence-corrected chi connectivity index (χ1v) is 7.46. The lowest BCUT2D eigenvalue weighted by atomic mass is 10.2. The van der Waals surface area contributed by atoms with E-state index >= 15 is 0 Å². The van der Waals surface area contributed by atoms with Crippen molar-refractivity contribution in [2.75, 3.05) is 12.5 Å². The third kappa shape index (κ3) is 1.77. The van der Waals surface area contributed by atoms with Crippen LogP contribution in [0.1, 0.15) is 0 Å². The third-order valence-electron chi connectivity index (χ3n) is 2.22. The first kappa shape index (κ1) is 10.6. The Hall–Kier alpha value is -0.940. The van der Waals surface area contributed by atoms with Gasteiger partial charge in [0.2, 0.25) is 10.0 Å². The molecule has 0 radical (unpaired) electrons. The van der Waals surface area contributed by atoms with Gasteiger partial charge in [-0.2, -0.15) is 0 Å². The molecule has 0 amide bonds. The predicted octanol–water partition coefficient (Wildman–Crippen LogP) is 2.17. The number of hydrogen-bond acceptors (Lipinski definition) is 3. The number of nitrogens with zero attached hydrogens (tertiary/aromatic N) is 1. The zero-order chi connectivity index (χ0) is 11.1. The lowest BCUT2D eigenvalue weighted by Gasteiger charge is -2.00. The molecule has 0 N–H and O–H groups in total. The minimum atomic E-state index is -3.22. The summed E-state index contributed by atoms with van der Waals surface area (Å²) in [7, 11) is -3.22. The van der Waals surface area contributed by atoms with Crippen molar-refractivity contribution in [1.29, 1.82) is 0 Å². The van der Waals surface area contributed by atoms with Gasteiger partial charge in [0.25, 0.3) is 0 Å². The van der Waals surface area contributed by atoms with Gasteiger partial charge in [0, 0.05) is 16.5 Å². The second-order valence-electron chi connectivity index (χ2n) is 3.27. The van der Waals surface area contributed by atoms with Crippen LogP contribution in [-0.4, -0.2) is 24.9 Å². The molecule has 0 unspecified atom stereocenters. The molecule has 0 saturated carbocycles. The molecule has 5 heteroatoms. The van der Waals surface area contributed by atoms with E-state index in [4.69, 9.17) is 0 Å². The fourth-order valence-corrected chi connectivity index (χ4v) is 3.04. The topological polar surface area (TPSA) is 39.1 Å². The average molecular weight is 241 g/mol. The number of aromatic nitrogens is 1. The van der Waals surface area contributed by atoms with E-state index in [0.717, 1.165) is 15.8 Å². The minimum absolute atomic E-state index is 0.740. The number of para-hydroxylation sites is 1. The van der Waals surface area contributed by atoms with Crippen LogP contribution >= 0.6 is 11.8 Å². The Bertz CT molecular complexity index is 599. The molecule has 1 aromatic heterocycles. The van der Waals surface area contributed by atoms with Gasteiger partial charge in [0.15, 0.2) is 0 Å². The fraction of sp³-hybridized carbons (Fsp3) is 0.200. The molecule has 1 aromatic carbocycles. The Morgan fingerprint density at radius 2 is 1.93 bits per heavy atom. The van der Waals surface area contributed by atoms with Crippen LogP contribution in [0.2, 0.25) is 0 Å². The van der Waals surface area contributed by atoms with Crippen molar-refractivity contribution in [2.45, 2.75) is 4.90 Å². The Labute approximate surface area is 93.1 Å². The molecule has 0 aliphatic heterocycles. The molecule has 0 fully saturated rings. The minimum Gasteiger partial charge on any atom is -0.244 e. The van der Waals surface area contributed by atoms with Gasteiger partial charge >= 0.3 is 0 Å². The van der Waals surface area contributed by atoms with Crippen molar-refractivity contribution in [1.82, 2.24) is 3.97 Å². The molecule has 1 heterocycles. The SMILES string of the molecule is CSc1cn(S(C)(=O)=O)c2ccccc12. The van der Waals surface area contributed by atoms with Crippen LogP contribution in [0, 0.1) is 0 Å². The normalized spacial score (nSPS) is 12.1. The van der Waals surface area contributed by atoms with Crippen LogP contribution in [0.25, 0.3) is 10.9 Å². The van der Waals surface area contributed by atoms with Crippen molar-refractivity contribution in [3.05, 3.63) is 30.5 Å². The van der Waals surface area contributed by atoms with Gasteiger partial charge in [-0.25, -0.2) is 12.4 Å². The quantitative estimate of drug-likeness (QED) is 0.756. The molecular formula is C10H11NO2S2. The summed E-state index contributed by atoms with van der Waals surface area (Å²) in [6, 6.07) is 7.50. The summed E-state index contributed by atoms with van der Waals surface area (Å²) >= 11 is 1.55. The fourth-order valence-electron chi connectivity index (χ4n) is 1.56. The summed E-state index contributed by atoms with van der Waals surface area (Å²) in [5.41, 5.74) is 0.740. The third-order valence-corrected chi connectivity index (χ3v) is 4.00. The zero-order valence-corrected chi connectivity index (χ0v) is 10.1. The largest absolute Gasteiger partial charge is 0.244 e. The summed E-state index contributed by atoms with van der Waals surface area (Å²) in [6.07, 6.45) is 4.82. The Morgan fingerprint density at radius 3 is 2.53 bits per heavy atom. The molecule has 0 atom stereocenters. The summed E-state index contributed by atoms with van der Waals surface area (Å²) in [5, 5.41) is 0.982. The monoisotopic (exact) mass is 241 g/mol. The first-order chi connectivity index (χ1) is 7.04. The van der Waals surface area contributed by atoms with Crippen LogP contribution in [0.3, 0.4) is 0 Å². The second kappa shape index (κ2) is 3.57. The van der Waals surface area contributed by atoms with Crippen LogP contribution < -0.4 is 0 Å². The molecular weight excluding hydrogens is 230 g/mol. The second-order valence-corrected chi connectivity index (χ2v) is 5.98. The van der Waals surface area contributed by atoms with Gasteiger partial charge in [-0.05, 0) is 12.3 Å². The molecule has 0 saturated heterocycles. The van der Waals surface area contributed by atoms with Crippen molar-refractivity contribution in [3.63, 3.8) is 0 Å². The number of rotatable bonds is 2. The molecule has 0 aliphatic carbocycles. The average Bonchev–Trinajstić information content (AvgIpc) is 2.55. The molecule has 3 nitrogen and oxygen atoms in total. The Kier molecular flexibility index (Phi) is 2.52. The highest BCUT2D eigenvalue weighted by atomic mass is 32.2. The van der Waals surface area contributed by atoms with E-state index in [1.54, 1.807) is 18.0 Å². The van der Waals surface area contributed by atoms with E-state index in [1.807, 2.05) is 30.5 Å². The van der Waals surface area contributed by atoms with Crippen LogP contribution in [0.5, 0.6) is 0 Å². The summed E-state index contributed by atoms with van der Waals surface area (Å²) in [6.45, 7) is 0. The highest BCUT2D eigenvalue weighted by molar-refractivity contribution is 7.99. The van der Waals surface area contributed by atoms with Crippen molar-refractivity contribution >= 4 is 32.7 Å². The standard InChI is InChI=1S/C10H11NO2S2/c1-14-10-7-11(15(2,12)13)9-6-4-3-5-8(9)10/h3-7H,1-2H3. The maximum absolute atomic E-state index is 11.5. The van der Waals surface area contributed by atoms with E-state index in [-0.39, 0.29) is 0 Å². The predicted molar refractivity (Wildman–Crippen MR) is 64.0 cm³/mol. The van der Waals surface area contributed by atoms with E-state index < -0.39 is 10.0 Å².